The van der Waals surface area contributed by atoms with Crippen LogP contribution >= 0.6 is 11.3 Å². The average Bonchev–Trinajstić information content (AvgIpc) is 3.23. The van der Waals surface area contributed by atoms with Gasteiger partial charge in [0.25, 0.3) is 10.0 Å². The molecule has 1 fully saturated rings. The zero-order valence-corrected chi connectivity index (χ0v) is 16.5. The molecule has 0 unspecified atom stereocenters. The lowest BCUT2D eigenvalue weighted by Crippen LogP contribution is -2.37. The smallest absolute Gasteiger partial charge is 0.250 e. The summed E-state index contributed by atoms with van der Waals surface area (Å²) in [4.78, 5) is 14.4. The van der Waals surface area contributed by atoms with Gasteiger partial charge in [-0.15, -0.1) is 11.3 Å². The van der Waals surface area contributed by atoms with Gasteiger partial charge in [-0.1, -0.05) is 18.2 Å². The van der Waals surface area contributed by atoms with E-state index in [1.165, 1.54) is 11.6 Å². The number of anilines is 1. The Bertz CT molecular complexity index is 830. The van der Waals surface area contributed by atoms with Crippen LogP contribution in [0, 0.1) is 0 Å². The molecule has 9 heteroatoms. The van der Waals surface area contributed by atoms with E-state index in [4.69, 9.17) is 4.74 Å². The Morgan fingerprint density at radius 3 is 2.56 bits per heavy atom. The minimum atomic E-state index is -3.64. The molecule has 3 rings (SSSR count). The highest BCUT2D eigenvalue weighted by Gasteiger charge is 2.16. The molecule has 146 valence electrons. The first-order valence-electron chi connectivity index (χ1n) is 8.75. The van der Waals surface area contributed by atoms with Gasteiger partial charge in [-0.2, -0.15) is 0 Å². The van der Waals surface area contributed by atoms with Gasteiger partial charge in [0.1, 0.15) is 4.21 Å². The minimum Gasteiger partial charge on any atom is -0.379 e. The van der Waals surface area contributed by atoms with E-state index < -0.39 is 15.9 Å². The molecule has 0 saturated carbocycles. The first-order valence-corrected chi connectivity index (χ1v) is 11.1. The fraction of sp³-hybridized carbons (Fsp3) is 0.389. The highest BCUT2D eigenvalue weighted by Crippen LogP contribution is 2.15. The second-order valence-corrected chi connectivity index (χ2v) is 9.15. The molecule has 1 aliphatic rings. The van der Waals surface area contributed by atoms with E-state index in [9.17, 15) is 13.2 Å². The Labute approximate surface area is 163 Å². The number of benzene rings is 1. The zero-order valence-electron chi connectivity index (χ0n) is 14.9. The molecular weight excluding hydrogens is 386 g/mol. The predicted octanol–water partition coefficient (Wildman–Crippen LogP) is 1.54. The fourth-order valence-corrected chi connectivity index (χ4v) is 4.74. The first-order chi connectivity index (χ1) is 13.0. The van der Waals surface area contributed by atoms with Crippen LogP contribution in [0.3, 0.4) is 0 Å². The molecule has 2 aromatic rings. The summed E-state index contributed by atoms with van der Waals surface area (Å²) in [5.74, 6) is -0.406. The van der Waals surface area contributed by atoms with Gasteiger partial charge in [0.05, 0.1) is 19.8 Å². The lowest BCUT2D eigenvalue weighted by Gasteiger charge is -2.26. The van der Waals surface area contributed by atoms with Crippen molar-refractivity contribution in [1.82, 2.24) is 9.62 Å². The number of carbonyl (C=O) groups is 1. The molecule has 0 atom stereocenters. The van der Waals surface area contributed by atoms with Crippen LogP contribution in [0.25, 0.3) is 0 Å². The standard InChI is InChI=1S/C18H23N3O4S2/c22-17(14-19-27(23,24)18-2-1-13-26-18)20-16-5-3-15(4-6-16)7-8-21-9-11-25-12-10-21/h1-6,13,19H,7-12,14H2,(H,20,22). The quantitative estimate of drug-likeness (QED) is 0.691. The molecule has 1 aromatic carbocycles. The average molecular weight is 410 g/mol. The molecule has 1 aliphatic heterocycles. The van der Waals surface area contributed by atoms with Gasteiger partial charge in [0.2, 0.25) is 5.91 Å². The van der Waals surface area contributed by atoms with Gasteiger partial charge in [-0.05, 0) is 35.6 Å². The molecule has 1 amide bonds. The summed E-state index contributed by atoms with van der Waals surface area (Å²) < 4.78 is 31.9. The maximum Gasteiger partial charge on any atom is 0.250 e. The largest absolute Gasteiger partial charge is 0.379 e. The first kappa shape index (κ1) is 20.0. The second-order valence-electron chi connectivity index (χ2n) is 6.21. The van der Waals surface area contributed by atoms with Crippen LogP contribution in [0.2, 0.25) is 0 Å². The lowest BCUT2D eigenvalue weighted by molar-refractivity contribution is -0.115. The lowest BCUT2D eigenvalue weighted by atomic mass is 10.1. The summed E-state index contributed by atoms with van der Waals surface area (Å²) in [6.07, 6.45) is 0.939. The second kappa shape index (κ2) is 9.43. The van der Waals surface area contributed by atoms with Gasteiger partial charge in [-0.3, -0.25) is 9.69 Å². The van der Waals surface area contributed by atoms with Crippen molar-refractivity contribution in [3.05, 3.63) is 47.3 Å². The van der Waals surface area contributed by atoms with Crippen LogP contribution in [-0.4, -0.2) is 58.6 Å². The number of amides is 1. The third-order valence-electron chi connectivity index (χ3n) is 4.24. The Kier molecular flexibility index (Phi) is 6.97. The maximum atomic E-state index is 12.0. The number of sulfonamides is 1. The van der Waals surface area contributed by atoms with Crippen LogP contribution in [0.1, 0.15) is 5.56 Å². The molecule has 0 radical (unpaired) electrons. The molecule has 2 N–H and O–H groups in total. The van der Waals surface area contributed by atoms with Crippen molar-refractivity contribution in [2.75, 3.05) is 44.7 Å². The van der Waals surface area contributed by atoms with Crippen molar-refractivity contribution in [3.63, 3.8) is 0 Å². The molecule has 1 saturated heterocycles. The van der Waals surface area contributed by atoms with E-state index in [1.54, 1.807) is 11.4 Å². The number of rotatable bonds is 8. The van der Waals surface area contributed by atoms with Crippen molar-refractivity contribution in [2.45, 2.75) is 10.6 Å². The summed E-state index contributed by atoms with van der Waals surface area (Å²) in [5, 5.41) is 4.38. The number of hydrogen-bond donors (Lipinski definition) is 2. The van der Waals surface area contributed by atoms with Crippen molar-refractivity contribution < 1.29 is 17.9 Å². The predicted molar refractivity (Wildman–Crippen MR) is 106 cm³/mol. The zero-order chi connectivity index (χ0) is 19.1. The van der Waals surface area contributed by atoms with Crippen molar-refractivity contribution in [2.24, 2.45) is 0 Å². The summed E-state index contributed by atoms with van der Waals surface area (Å²) >= 11 is 1.11. The summed E-state index contributed by atoms with van der Waals surface area (Å²) in [7, 11) is -3.64. The van der Waals surface area contributed by atoms with Crippen LogP contribution in [0.4, 0.5) is 5.69 Å². The van der Waals surface area contributed by atoms with Gasteiger partial charge >= 0.3 is 0 Å². The number of thiophene rings is 1. The van der Waals surface area contributed by atoms with Gasteiger partial charge in [0, 0.05) is 25.3 Å². The molecule has 2 heterocycles. The fourth-order valence-electron chi connectivity index (χ4n) is 2.72. The Balaban J connectivity index is 1.44. The SMILES string of the molecule is O=C(CNS(=O)(=O)c1cccs1)Nc1ccc(CCN2CCOCC2)cc1. The molecule has 0 aliphatic carbocycles. The third kappa shape index (κ3) is 6.12. The van der Waals surface area contributed by atoms with E-state index >= 15 is 0 Å². The number of nitrogens with one attached hydrogen (secondary N) is 2. The van der Waals surface area contributed by atoms with Crippen molar-refractivity contribution in [1.29, 1.82) is 0 Å². The van der Waals surface area contributed by atoms with Crippen LogP contribution in [0.15, 0.2) is 46.0 Å². The Hall–Kier alpha value is -1.78. The number of morpholine rings is 1. The van der Waals surface area contributed by atoms with E-state index in [0.717, 1.165) is 50.6 Å². The summed E-state index contributed by atoms with van der Waals surface area (Å²) in [5.41, 5.74) is 1.84. The van der Waals surface area contributed by atoms with E-state index in [1.807, 2.05) is 24.3 Å². The molecule has 0 spiro atoms. The molecule has 0 bridgehead atoms. The topological polar surface area (TPSA) is 87.7 Å². The molecule has 1 aromatic heterocycles. The number of ether oxygens (including phenoxy) is 1. The summed E-state index contributed by atoms with van der Waals surface area (Å²) in [6.45, 7) is 4.20. The highest BCUT2D eigenvalue weighted by molar-refractivity contribution is 7.91. The van der Waals surface area contributed by atoms with Gasteiger partial charge in [0.15, 0.2) is 0 Å². The highest BCUT2D eigenvalue weighted by atomic mass is 32.2. The van der Waals surface area contributed by atoms with Crippen LogP contribution in [0.5, 0.6) is 0 Å². The Morgan fingerprint density at radius 2 is 1.89 bits per heavy atom. The normalized spacial score (nSPS) is 15.6. The molecule has 27 heavy (non-hydrogen) atoms. The van der Waals surface area contributed by atoms with Gasteiger partial charge < -0.3 is 10.1 Å². The van der Waals surface area contributed by atoms with Crippen LogP contribution in [-0.2, 0) is 26.0 Å². The van der Waals surface area contributed by atoms with E-state index in [2.05, 4.69) is 14.9 Å². The van der Waals surface area contributed by atoms with Crippen molar-refractivity contribution in [3.8, 4) is 0 Å². The maximum absolute atomic E-state index is 12.0. The third-order valence-corrected chi connectivity index (χ3v) is 7.04. The van der Waals surface area contributed by atoms with Crippen molar-refractivity contribution >= 4 is 33.0 Å². The number of carbonyl (C=O) groups excluding carboxylic acids is 1. The molecule has 7 nitrogen and oxygen atoms in total. The summed E-state index contributed by atoms with van der Waals surface area (Å²) in [6, 6.07) is 10.8. The Morgan fingerprint density at radius 1 is 1.15 bits per heavy atom. The van der Waals surface area contributed by atoms with Gasteiger partial charge in [-0.25, -0.2) is 13.1 Å². The minimum absolute atomic E-state index is 0.194. The van der Waals surface area contributed by atoms with Crippen LogP contribution < -0.4 is 10.0 Å². The molecular formula is C18H23N3O4S2. The number of hydrogen-bond acceptors (Lipinski definition) is 6. The number of nitrogens with zero attached hydrogens (tertiary/aromatic N) is 1. The van der Waals surface area contributed by atoms with E-state index in [-0.39, 0.29) is 10.8 Å². The monoisotopic (exact) mass is 409 g/mol. The van der Waals surface area contributed by atoms with E-state index in [0.29, 0.717) is 5.69 Å².